The molecule has 1 heterocycles. The molecule has 1 N–H and O–H groups in total. The van der Waals surface area contributed by atoms with Crippen LogP contribution in [-0.4, -0.2) is 41.4 Å². The van der Waals surface area contributed by atoms with Crippen LogP contribution in [0.4, 0.5) is 11.4 Å². The maximum absolute atomic E-state index is 12.8. The van der Waals surface area contributed by atoms with Crippen molar-refractivity contribution in [2.45, 2.75) is 40.5 Å². The number of amides is 3. The fourth-order valence-corrected chi connectivity index (χ4v) is 3.45. The first-order chi connectivity index (χ1) is 14.8. The molecule has 7 heteroatoms. The Hall–Kier alpha value is -3.48. The smallest absolute Gasteiger partial charge is 0.271 e. The maximum Gasteiger partial charge on any atom is 0.271 e. The summed E-state index contributed by atoms with van der Waals surface area (Å²) >= 11 is 0. The molecule has 0 radical (unpaired) electrons. The van der Waals surface area contributed by atoms with Crippen molar-refractivity contribution in [3.05, 3.63) is 59.2 Å². The fourth-order valence-electron chi connectivity index (χ4n) is 3.45. The molecule has 2 aromatic rings. The van der Waals surface area contributed by atoms with Crippen LogP contribution in [0.2, 0.25) is 0 Å². The first kappa shape index (κ1) is 22.2. The number of benzene rings is 2. The second kappa shape index (κ2) is 9.55. The highest BCUT2D eigenvalue weighted by Crippen LogP contribution is 2.25. The SMILES string of the molecule is CCN(CC)C(=O)c1ccc(NC(=O)C2=NN(c3cc(C)ccc3C)C(=O)CC2)cc1. The molecular formula is C24H28N4O3. The number of rotatable bonds is 6. The number of carbonyl (C=O) groups excluding carboxylic acids is 3. The number of carbonyl (C=O) groups is 3. The Morgan fingerprint density at radius 3 is 2.35 bits per heavy atom. The Morgan fingerprint density at radius 1 is 1.03 bits per heavy atom. The van der Waals surface area contributed by atoms with E-state index in [2.05, 4.69) is 10.4 Å². The fraction of sp³-hybridized carbons (Fsp3) is 0.333. The van der Waals surface area contributed by atoms with Gasteiger partial charge in [0.25, 0.3) is 11.8 Å². The third-order valence-corrected chi connectivity index (χ3v) is 5.33. The average Bonchev–Trinajstić information content (AvgIpc) is 2.77. The number of hydrazone groups is 1. The van der Waals surface area contributed by atoms with Crippen LogP contribution in [0.5, 0.6) is 0 Å². The van der Waals surface area contributed by atoms with Crippen molar-refractivity contribution in [3.8, 4) is 0 Å². The second-order valence-corrected chi connectivity index (χ2v) is 7.55. The molecular weight excluding hydrogens is 392 g/mol. The summed E-state index contributed by atoms with van der Waals surface area (Å²) in [5.41, 5.74) is 4.05. The summed E-state index contributed by atoms with van der Waals surface area (Å²) in [6.07, 6.45) is 0.501. The van der Waals surface area contributed by atoms with Gasteiger partial charge in [0.15, 0.2) is 0 Å². The number of hydrogen-bond donors (Lipinski definition) is 1. The highest BCUT2D eigenvalue weighted by atomic mass is 16.2. The van der Waals surface area contributed by atoms with Gasteiger partial charge in [0, 0.05) is 37.2 Å². The first-order valence-corrected chi connectivity index (χ1v) is 10.5. The van der Waals surface area contributed by atoms with Crippen LogP contribution >= 0.6 is 0 Å². The highest BCUT2D eigenvalue weighted by Gasteiger charge is 2.26. The van der Waals surface area contributed by atoms with Gasteiger partial charge >= 0.3 is 0 Å². The van der Waals surface area contributed by atoms with Crippen LogP contribution in [-0.2, 0) is 9.59 Å². The monoisotopic (exact) mass is 420 g/mol. The van der Waals surface area contributed by atoms with Crippen LogP contribution < -0.4 is 10.3 Å². The minimum atomic E-state index is -0.356. The molecule has 0 saturated heterocycles. The van der Waals surface area contributed by atoms with Gasteiger partial charge in [0.1, 0.15) is 5.71 Å². The van der Waals surface area contributed by atoms with E-state index in [-0.39, 0.29) is 30.6 Å². The Bertz CT molecular complexity index is 1020. The van der Waals surface area contributed by atoms with Crippen LogP contribution in [0.15, 0.2) is 47.6 Å². The Morgan fingerprint density at radius 2 is 1.71 bits per heavy atom. The van der Waals surface area contributed by atoms with Gasteiger partial charge in [0.05, 0.1) is 5.69 Å². The Kier molecular flexibility index (Phi) is 6.84. The summed E-state index contributed by atoms with van der Waals surface area (Å²) in [7, 11) is 0. The lowest BCUT2D eigenvalue weighted by Gasteiger charge is -2.25. The van der Waals surface area contributed by atoms with E-state index >= 15 is 0 Å². The van der Waals surface area contributed by atoms with E-state index in [0.717, 1.165) is 11.1 Å². The zero-order chi connectivity index (χ0) is 22.5. The van der Waals surface area contributed by atoms with Gasteiger partial charge in [-0.15, -0.1) is 0 Å². The van der Waals surface area contributed by atoms with E-state index in [0.29, 0.717) is 35.7 Å². The van der Waals surface area contributed by atoms with E-state index in [1.54, 1.807) is 29.2 Å². The first-order valence-electron chi connectivity index (χ1n) is 10.5. The van der Waals surface area contributed by atoms with E-state index in [4.69, 9.17) is 0 Å². The molecule has 2 aromatic carbocycles. The third-order valence-electron chi connectivity index (χ3n) is 5.33. The molecule has 1 aliphatic rings. The zero-order valence-corrected chi connectivity index (χ0v) is 18.4. The second-order valence-electron chi connectivity index (χ2n) is 7.55. The van der Waals surface area contributed by atoms with Gasteiger partial charge in [-0.2, -0.15) is 5.10 Å². The van der Waals surface area contributed by atoms with Gasteiger partial charge in [-0.3, -0.25) is 14.4 Å². The summed E-state index contributed by atoms with van der Waals surface area (Å²) in [5, 5.41) is 8.49. The number of hydrogen-bond acceptors (Lipinski definition) is 4. The minimum Gasteiger partial charge on any atom is -0.339 e. The molecule has 162 valence electrons. The number of anilines is 2. The molecule has 0 unspecified atom stereocenters. The van der Waals surface area contributed by atoms with Crippen molar-refractivity contribution >= 4 is 34.8 Å². The van der Waals surface area contributed by atoms with E-state index < -0.39 is 0 Å². The van der Waals surface area contributed by atoms with Gasteiger partial charge in [-0.05, 0) is 69.2 Å². The lowest BCUT2D eigenvalue weighted by Crippen LogP contribution is -2.36. The average molecular weight is 421 g/mol. The summed E-state index contributed by atoms with van der Waals surface area (Å²) < 4.78 is 0. The Balaban J connectivity index is 1.76. The lowest BCUT2D eigenvalue weighted by atomic mass is 10.1. The van der Waals surface area contributed by atoms with Gasteiger partial charge in [-0.25, -0.2) is 5.01 Å². The predicted octanol–water partition coefficient (Wildman–Crippen LogP) is 3.91. The standard InChI is InChI=1S/C24H28N4O3/c1-5-27(6-2)24(31)18-9-11-19(12-10-18)25-23(30)20-13-14-22(29)28(26-20)21-15-16(3)7-8-17(21)4/h7-12,15H,5-6,13-14H2,1-4H3,(H,25,30). The topological polar surface area (TPSA) is 82.1 Å². The molecule has 31 heavy (non-hydrogen) atoms. The molecule has 3 amide bonds. The number of nitrogens with one attached hydrogen (secondary N) is 1. The van der Waals surface area contributed by atoms with Crippen molar-refractivity contribution in [1.82, 2.24) is 4.90 Å². The van der Waals surface area contributed by atoms with Crippen LogP contribution in [0, 0.1) is 13.8 Å². The van der Waals surface area contributed by atoms with Crippen molar-refractivity contribution in [3.63, 3.8) is 0 Å². The van der Waals surface area contributed by atoms with Crippen LogP contribution in [0.25, 0.3) is 0 Å². The number of nitrogens with zero attached hydrogens (tertiary/aromatic N) is 3. The van der Waals surface area contributed by atoms with Crippen LogP contribution in [0.3, 0.4) is 0 Å². The minimum absolute atomic E-state index is 0.0396. The normalized spacial score (nSPS) is 13.6. The third kappa shape index (κ3) is 4.99. The lowest BCUT2D eigenvalue weighted by molar-refractivity contribution is -0.118. The molecule has 0 aromatic heterocycles. The summed E-state index contributed by atoms with van der Waals surface area (Å²) in [6.45, 7) is 9.02. The zero-order valence-electron chi connectivity index (χ0n) is 18.4. The summed E-state index contributed by atoms with van der Waals surface area (Å²) in [5.74, 6) is -0.530. The quantitative estimate of drug-likeness (QED) is 0.769. The van der Waals surface area contributed by atoms with Crippen molar-refractivity contribution in [2.24, 2.45) is 5.10 Å². The van der Waals surface area contributed by atoms with E-state index in [9.17, 15) is 14.4 Å². The molecule has 0 bridgehead atoms. The molecule has 0 spiro atoms. The molecule has 1 aliphatic heterocycles. The molecule has 7 nitrogen and oxygen atoms in total. The van der Waals surface area contributed by atoms with Crippen molar-refractivity contribution < 1.29 is 14.4 Å². The molecule has 0 aliphatic carbocycles. The van der Waals surface area contributed by atoms with Gasteiger partial charge < -0.3 is 10.2 Å². The maximum atomic E-state index is 12.8. The summed E-state index contributed by atoms with van der Waals surface area (Å²) in [6, 6.07) is 12.6. The summed E-state index contributed by atoms with van der Waals surface area (Å²) in [4.78, 5) is 39.4. The number of aryl methyl sites for hydroxylation is 2. The molecule has 0 atom stereocenters. The largest absolute Gasteiger partial charge is 0.339 e. The van der Waals surface area contributed by atoms with Gasteiger partial charge in [0.2, 0.25) is 5.91 Å². The molecule has 0 saturated carbocycles. The Labute approximate surface area is 182 Å². The van der Waals surface area contributed by atoms with Crippen molar-refractivity contribution in [1.29, 1.82) is 0 Å². The van der Waals surface area contributed by atoms with Crippen LogP contribution in [0.1, 0.15) is 48.2 Å². The highest BCUT2D eigenvalue weighted by molar-refractivity contribution is 6.44. The van der Waals surface area contributed by atoms with E-state index in [1.165, 1.54) is 5.01 Å². The molecule has 3 rings (SSSR count). The predicted molar refractivity (Wildman–Crippen MR) is 122 cm³/mol. The van der Waals surface area contributed by atoms with E-state index in [1.807, 2.05) is 45.9 Å². The molecule has 0 fully saturated rings. The van der Waals surface area contributed by atoms with Crippen molar-refractivity contribution in [2.75, 3.05) is 23.4 Å². The van der Waals surface area contributed by atoms with Gasteiger partial charge in [-0.1, -0.05) is 12.1 Å².